The van der Waals surface area contributed by atoms with Crippen LogP contribution in [0.25, 0.3) is 0 Å². The first-order chi connectivity index (χ1) is 10.5. The Morgan fingerprint density at radius 2 is 1.95 bits per heavy atom. The van der Waals surface area contributed by atoms with Gasteiger partial charge in [-0.25, -0.2) is 0 Å². The molecule has 1 fully saturated rings. The molecule has 2 nitrogen and oxygen atoms in total. The summed E-state index contributed by atoms with van der Waals surface area (Å²) in [7, 11) is 1.58. The van der Waals surface area contributed by atoms with Gasteiger partial charge in [0.15, 0.2) is 5.78 Å². The van der Waals surface area contributed by atoms with Crippen molar-refractivity contribution in [3.05, 3.63) is 27.2 Å². The number of ether oxygens (including phenoxy) is 1. The quantitative estimate of drug-likeness (QED) is 0.700. The van der Waals surface area contributed by atoms with Crippen LogP contribution in [-0.2, 0) is 6.42 Å². The van der Waals surface area contributed by atoms with Crippen molar-refractivity contribution in [2.24, 2.45) is 11.3 Å². The lowest BCUT2D eigenvalue weighted by molar-refractivity contribution is 0.0676. The highest BCUT2D eigenvalue weighted by atomic mass is 35.5. The number of fused-ring (bicyclic) bond motifs is 1. The number of hydrogen-bond donors (Lipinski definition) is 0. The van der Waals surface area contributed by atoms with Gasteiger partial charge in [0.1, 0.15) is 10.8 Å². The molecule has 3 rings (SSSR count). The van der Waals surface area contributed by atoms with Crippen LogP contribution in [-0.4, -0.2) is 12.9 Å². The average molecular weight is 341 g/mol. The molecule has 0 radical (unpaired) electrons. The SMILES string of the molecule is CCC[C@@]1(C2CCCC2)Cc2cc(OC)c(Cl)c(Cl)c2C1=O. The van der Waals surface area contributed by atoms with Crippen molar-refractivity contribution in [2.75, 3.05) is 7.11 Å². The normalized spacial score (nSPS) is 24.8. The molecule has 0 amide bonds. The summed E-state index contributed by atoms with van der Waals surface area (Å²) in [6, 6.07) is 1.91. The first kappa shape index (κ1) is 16.1. The fraction of sp³-hybridized carbons (Fsp3) is 0.611. The van der Waals surface area contributed by atoms with Gasteiger partial charge in [-0.15, -0.1) is 0 Å². The molecule has 0 heterocycles. The highest BCUT2D eigenvalue weighted by Crippen LogP contribution is 2.54. The molecule has 4 heteroatoms. The Balaban J connectivity index is 2.10. The minimum Gasteiger partial charge on any atom is -0.495 e. The highest BCUT2D eigenvalue weighted by Gasteiger charge is 2.51. The molecule has 0 aromatic heterocycles. The summed E-state index contributed by atoms with van der Waals surface area (Å²) in [5.41, 5.74) is 1.39. The van der Waals surface area contributed by atoms with Crippen molar-refractivity contribution in [1.82, 2.24) is 0 Å². The number of rotatable bonds is 4. The van der Waals surface area contributed by atoms with Gasteiger partial charge < -0.3 is 4.74 Å². The fourth-order valence-electron chi connectivity index (χ4n) is 4.52. The smallest absolute Gasteiger partial charge is 0.171 e. The van der Waals surface area contributed by atoms with Crippen molar-refractivity contribution >= 4 is 29.0 Å². The lowest BCUT2D eigenvalue weighted by atomic mass is 9.68. The van der Waals surface area contributed by atoms with E-state index in [1.807, 2.05) is 6.07 Å². The second-order valence-corrected chi connectivity index (χ2v) is 7.39. The standard InChI is InChI=1S/C18H22Cl2O2/c1-3-8-18(12-6-4-5-7-12)10-11-9-13(22-2)15(19)16(20)14(11)17(18)21/h9,12H,3-8,10H2,1-2H3/t18-/m0/s1. The van der Waals surface area contributed by atoms with E-state index in [2.05, 4.69) is 6.92 Å². The summed E-state index contributed by atoms with van der Waals surface area (Å²) in [4.78, 5) is 13.3. The zero-order chi connectivity index (χ0) is 15.9. The first-order valence-electron chi connectivity index (χ1n) is 8.14. The molecule has 0 saturated heterocycles. The van der Waals surface area contributed by atoms with Crippen LogP contribution in [0.15, 0.2) is 6.07 Å². The summed E-state index contributed by atoms with van der Waals surface area (Å²) < 4.78 is 5.31. The number of hydrogen-bond acceptors (Lipinski definition) is 2. The van der Waals surface area contributed by atoms with E-state index in [1.165, 1.54) is 12.8 Å². The van der Waals surface area contributed by atoms with Crippen LogP contribution in [0.5, 0.6) is 5.75 Å². The molecule has 0 unspecified atom stereocenters. The van der Waals surface area contributed by atoms with E-state index in [-0.39, 0.29) is 11.2 Å². The van der Waals surface area contributed by atoms with Crippen LogP contribution in [0, 0.1) is 11.3 Å². The number of benzene rings is 1. The number of carbonyl (C=O) groups is 1. The van der Waals surface area contributed by atoms with E-state index in [0.29, 0.717) is 27.3 Å². The number of carbonyl (C=O) groups excluding carboxylic acids is 1. The zero-order valence-corrected chi connectivity index (χ0v) is 14.7. The molecule has 1 aromatic rings. The van der Waals surface area contributed by atoms with Gasteiger partial charge in [-0.3, -0.25) is 4.79 Å². The molecule has 0 spiro atoms. The maximum Gasteiger partial charge on any atom is 0.171 e. The first-order valence-corrected chi connectivity index (χ1v) is 8.90. The largest absolute Gasteiger partial charge is 0.495 e. The minimum absolute atomic E-state index is 0.214. The van der Waals surface area contributed by atoms with Gasteiger partial charge in [0.05, 0.1) is 12.1 Å². The van der Waals surface area contributed by atoms with E-state index in [1.54, 1.807) is 7.11 Å². The molecule has 0 bridgehead atoms. The molecule has 22 heavy (non-hydrogen) atoms. The Kier molecular flexibility index (Phi) is 4.44. The Morgan fingerprint density at radius 3 is 2.55 bits per heavy atom. The van der Waals surface area contributed by atoms with Crippen molar-refractivity contribution in [1.29, 1.82) is 0 Å². The summed E-state index contributed by atoms with van der Waals surface area (Å²) in [5, 5.41) is 0.729. The average Bonchev–Trinajstić information content (AvgIpc) is 3.12. The number of Topliss-reactive ketones (excluding diaryl/α,β-unsaturated/α-hetero) is 1. The van der Waals surface area contributed by atoms with Crippen LogP contribution >= 0.6 is 23.2 Å². The highest BCUT2D eigenvalue weighted by molar-refractivity contribution is 6.45. The van der Waals surface area contributed by atoms with Crippen LogP contribution in [0.3, 0.4) is 0 Å². The molecule has 1 saturated carbocycles. The van der Waals surface area contributed by atoms with Crippen molar-refractivity contribution in [3.8, 4) is 5.75 Å². The molecular formula is C18H22Cl2O2. The molecule has 120 valence electrons. The molecule has 1 aromatic carbocycles. The van der Waals surface area contributed by atoms with Gasteiger partial charge in [0.25, 0.3) is 0 Å². The van der Waals surface area contributed by atoms with Crippen molar-refractivity contribution < 1.29 is 9.53 Å². The molecule has 2 aliphatic carbocycles. The lowest BCUT2D eigenvalue weighted by Gasteiger charge is -2.33. The van der Waals surface area contributed by atoms with E-state index in [0.717, 1.165) is 37.7 Å². The van der Waals surface area contributed by atoms with Crippen LogP contribution in [0.4, 0.5) is 0 Å². The van der Waals surface area contributed by atoms with Crippen molar-refractivity contribution in [2.45, 2.75) is 51.9 Å². The third kappa shape index (κ3) is 2.27. The van der Waals surface area contributed by atoms with E-state index in [4.69, 9.17) is 27.9 Å². The third-order valence-corrected chi connectivity index (χ3v) is 6.34. The van der Waals surface area contributed by atoms with Gasteiger partial charge in [0.2, 0.25) is 0 Å². The number of ketones is 1. The predicted octanol–water partition coefficient (Wildman–Crippen LogP) is 5.72. The second kappa shape index (κ2) is 6.05. The predicted molar refractivity (Wildman–Crippen MR) is 90.3 cm³/mol. The molecule has 0 N–H and O–H groups in total. The number of methoxy groups -OCH3 is 1. The molecule has 1 atom stereocenters. The minimum atomic E-state index is -0.271. The summed E-state index contributed by atoms with van der Waals surface area (Å²) in [5.74, 6) is 1.26. The fourth-order valence-corrected chi connectivity index (χ4v) is 5.04. The molecule has 0 aliphatic heterocycles. The second-order valence-electron chi connectivity index (χ2n) is 6.63. The third-order valence-electron chi connectivity index (χ3n) is 5.49. The lowest BCUT2D eigenvalue weighted by Crippen LogP contribution is -2.35. The molecule has 2 aliphatic rings. The van der Waals surface area contributed by atoms with Gasteiger partial charge in [0, 0.05) is 11.0 Å². The van der Waals surface area contributed by atoms with Gasteiger partial charge in [-0.05, 0) is 43.2 Å². The Morgan fingerprint density at radius 1 is 1.27 bits per heavy atom. The maximum atomic E-state index is 13.3. The Bertz CT molecular complexity index is 606. The topological polar surface area (TPSA) is 26.3 Å². The Hall–Kier alpha value is -0.730. The van der Waals surface area contributed by atoms with Crippen molar-refractivity contribution in [3.63, 3.8) is 0 Å². The van der Waals surface area contributed by atoms with Crippen LogP contribution < -0.4 is 4.74 Å². The summed E-state index contributed by atoms with van der Waals surface area (Å²) in [6.45, 7) is 2.15. The summed E-state index contributed by atoms with van der Waals surface area (Å²) >= 11 is 12.7. The monoisotopic (exact) mass is 340 g/mol. The van der Waals surface area contributed by atoms with Gasteiger partial charge in [-0.2, -0.15) is 0 Å². The zero-order valence-electron chi connectivity index (χ0n) is 13.2. The van der Waals surface area contributed by atoms with Gasteiger partial charge >= 0.3 is 0 Å². The Labute approximate surface area is 142 Å². The van der Waals surface area contributed by atoms with Gasteiger partial charge in [-0.1, -0.05) is 49.4 Å². The van der Waals surface area contributed by atoms with E-state index < -0.39 is 0 Å². The van der Waals surface area contributed by atoms with E-state index in [9.17, 15) is 4.79 Å². The van der Waals surface area contributed by atoms with Crippen LogP contribution in [0.1, 0.15) is 61.4 Å². The maximum absolute atomic E-state index is 13.3. The molecular weight excluding hydrogens is 319 g/mol. The number of halogens is 2. The summed E-state index contributed by atoms with van der Waals surface area (Å²) in [6.07, 6.45) is 7.51. The van der Waals surface area contributed by atoms with E-state index >= 15 is 0 Å². The van der Waals surface area contributed by atoms with Crippen LogP contribution in [0.2, 0.25) is 10.0 Å².